The van der Waals surface area contributed by atoms with Crippen molar-refractivity contribution in [2.24, 2.45) is 17.8 Å². The number of nitrogens with zero attached hydrogens (tertiary/aromatic N) is 1. The van der Waals surface area contributed by atoms with Crippen LogP contribution in [-0.2, 0) is 9.59 Å². The van der Waals surface area contributed by atoms with Gasteiger partial charge in [0.2, 0.25) is 11.8 Å². The molecular formula is C23H34FN3O3. The molecule has 0 spiro atoms. The Bertz CT molecular complexity index is 726. The Morgan fingerprint density at radius 2 is 1.63 bits per heavy atom. The van der Waals surface area contributed by atoms with E-state index in [9.17, 15) is 18.8 Å². The smallest absolute Gasteiger partial charge is 0.253 e. The predicted molar refractivity (Wildman–Crippen MR) is 114 cm³/mol. The third-order valence-electron chi connectivity index (χ3n) is 5.27. The number of carbonyl (C=O) groups excluding carboxylic acids is 3. The molecule has 0 aliphatic carbocycles. The third kappa shape index (κ3) is 7.11. The molecule has 2 N–H and O–H groups in total. The number of hydrogen-bond donors (Lipinski definition) is 2. The average molecular weight is 420 g/mol. The van der Waals surface area contributed by atoms with E-state index in [1.54, 1.807) is 4.90 Å². The van der Waals surface area contributed by atoms with Crippen LogP contribution >= 0.6 is 0 Å². The number of nitrogens with one attached hydrogen (secondary N) is 2. The van der Waals surface area contributed by atoms with Crippen molar-refractivity contribution >= 4 is 17.7 Å². The number of rotatable bonds is 8. The first-order valence-electron chi connectivity index (χ1n) is 10.8. The normalized spacial score (nSPS) is 15.9. The van der Waals surface area contributed by atoms with Gasteiger partial charge in [0.1, 0.15) is 11.9 Å². The minimum Gasteiger partial charge on any atom is -0.354 e. The molecule has 1 fully saturated rings. The van der Waals surface area contributed by atoms with Crippen molar-refractivity contribution in [1.29, 1.82) is 0 Å². The first-order chi connectivity index (χ1) is 14.2. The van der Waals surface area contributed by atoms with Gasteiger partial charge in [-0.1, -0.05) is 27.7 Å². The summed E-state index contributed by atoms with van der Waals surface area (Å²) in [6.45, 7) is 9.51. The van der Waals surface area contributed by atoms with Crippen LogP contribution in [0.2, 0.25) is 0 Å². The van der Waals surface area contributed by atoms with E-state index in [0.29, 0.717) is 50.4 Å². The van der Waals surface area contributed by atoms with E-state index in [1.807, 2.05) is 27.7 Å². The maximum atomic E-state index is 13.1. The molecular weight excluding hydrogens is 385 g/mol. The van der Waals surface area contributed by atoms with Gasteiger partial charge in [-0.3, -0.25) is 14.4 Å². The molecule has 2 rings (SSSR count). The van der Waals surface area contributed by atoms with Crippen LogP contribution in [0, 0.1) is 23.6 Å². The summed E-state index contributed by atoms with van der Waals surface area (Å²) in [5.41, 5.74) is 0.450. The molecule has 0 saturated carbocycles. The predicted octanol–water partition coefficient (Wildman–Crippen LogP) is 2.98. The Morgan fingerprint density at radius 3 is 2.17 bits per heavy atom. The number of amides is 3. The Kier molecular flexibility index (Phi) is 8.81. The Hall–Kier alpha value is -2.44. The lowest BCUT2D eigenvalue weighted by atomic mass is 9.88. The van der Waals surface area contributed by atoms with E-state index in [2.05, 4.69) is 10.6 Å². The topological polar surface area (TPSA) is 78.5 Å². The zero-order valence-corrected chi connectivity index (χ0v) is 18.4. The fourth-order valence-electron chi connectivity index (χ4n) is 3.63. The van der Waals surface area contributed by atoms with Gasteiger partial charge in [-0.15, -0.1) is 0 Å². The maximum absolute atomic E-state index is 13.1. The minimum atomic E-state index is -0.599. The maximum Gasteiger partial charge on any atom is 0.253 e. The van der Waals surface area contributed by atoms with Crippen LogP contribution in [0.3, 0.4) is 0 Å². The first-order valence-corrected chi connectivity index (χ1v) is 10.8. The lowest BCUT2D eigenvalue weighted by Crippen LogP contribution is -2.54. The highest BCUT2D eigenvalue weighted by molar-refractivity contribution is 5.94. The second-order valence-corrected chi connectivity index (χ2v) is 8.92. The summed E-state index contributed by atoms with van der Waals surface area (Å²) in [5.74, 6) is -0.319. The summed E-state index contributed by atoms with van der Waals surface area (Å²) < 4.78 is 13.1. The van der Waals surface area contributed by atoms with Crippen LogP contribution in [0.15, 0.2) is 24.3 Å². The van der Waals surface area contributed by atoms with E-state index >= 15 is 0 Å². The average Bonchev–Trinajstić information content (AvgIpc) is 2.70. The number of halogens is 1. The molecule has 0 bridgehead atoms. The van der Waals surface area contributed by atoms with Crippen LogP contribution in [0.5, 0.6) is 0 Å². The third-order valence-corrected chi connectivity index (χ3v) is 5.27. The second-order valence-electron chi connectivity index (χ2n) is 8.92. The van der Waals surface area contributed by atoms with Crippen molar-refractivity contribution < 1.29 is 18.8 Å². The molecule has 1 aromatic carbocycles. The van der Waals surface area contributed by atoms with Gasteiger partial charge in [0, 0.05) is 31.6 Å². The van der Waals surface area contributed by atoms with Crippen molar-refractivity contribution in [3.05, 3.63) is 35.6 Å². The van der Waals surface area contributed by atoms with E-state index in [1.165, 1.54) is 24.3 Å². The van der Waals surface area contributed by atoms with Crippen LogP contribution in [0.25, 0.3) is 0 Å². The van der Waals surface area contributed by atoms with Gasteiger partial charge < -0.3 is 15.5 Å². The molecule has 1 atom stereocenters. The van der Waals surface area contributed by atoms with Crippen molar-refractivity contribution in [3.8, 4) is 0 Å². The SMILES string of the molecule is CC(C)CNC(=O)[C@H](NC(=O)CC(C)C)C1CCN(C(=O)c2ccc(F)cc2)CC1. The lowest BCUT2D eigenvalue weighted by molar-refractivity contribution is -0.131. The monoisotopic (exact) mass is 419 g/mol. The van der Waals surface area contributed by atoms with Crippen LogP contribution in [-0.4, -0.2) is 48.3 Å². The molecule has 1 saturated heterocycles. The summed E-state index contributed by atoms with van der Waals surface area (Å²) in [5, 5.41) is 5.86. The van der Waals surface area contributed by atoms with Gasteiger partial charge in [-0.05, 0) is 54.9 Å². The highest BCUT2D eigenvalue weighted by Gasteiger charge is 2.34. The Morgan fingerprint density at radius 1 is 1.03 bits per heavy atom. The van der Waals surface area contributed by atoms with E-state index in [4.69, 9.17) is 0 Å². The number of benzene rings is 1. The summed E-state index contributed by atoms with van der Waals surface area (Å²) in [6.07, 6.45) is 1.61. The zero-order valence-electron chi connectivity index (χ0n) is 18.4. The molecule has 1 aliphatic rings. The molecule has 1 heterocycles. The van der Waals surface area contributed by atoms with Crippen molar-refractivity contribution in [2.75, 3.05) is 19.6 Å². The molecule has 1 aliphatic heterocycles. The summed E-state index contributed by atoms with van der Waals surface area (Å²) in [6, 6.07) is 4.92. The molecule has 166 valence electrons. The van der Waals surface area contributed by atoms with Gasteiger partial charge >= 0.3 is 0 Å². The number of carbonyl (C=O) groups is 3. The summed E-state index contributed by atoms with van der Waals surface area (Å²) >= 11 is 0. The zero-order chi connectivity index (χ0) is 22.3. The molecule has 0 aromatic heterocycles. The van der Waals surface area contributed by atoms with Crippen LogP contribution in [0.4, 0.5) is 4.39 Å². The van der Waals surface area contributed by atoms with Crippen molar-refractivity contribution in [3.63, 3.8) is 0 Å². The minimum absolute atomic E-state index is 0.0365. The Labute approximate surface area is 178 Å². The van der Waals surface area contributed by atoms with Crippen molar-refractivity contribution in [1.82, 2.24) is 15.5 Å². The van der Waals surface area contributed by atoms with Gasteiger partial charge in [-0.25, -0.2) is 4.39 Å². The van der Waals surface area contributed by atoms with Gasteiger partial charge in [0.15, 0.2) is 0 Å². The summed E-state index contributed by atoms with van der Waals surface area (Å²) in [4.78, 5) is 39.5. The lowest BCUT2D eigenvalue weighted by Gasteiger charge is -2.36. The van der Waals surface area contributed by atoms with E-state index in [-0.39, 0.29) is 35.4 Å². The highest BCUT2D eigenvalue weighted by Crippen LogP contribution is 2.23. The fraction of sp³-hybridized carbons (Fsp3) is 0.609. The van der Waals surface area contributed by atoms with Crippen LogP contribution < -0.4 is 10.6 Å². The fourth-order valence-corrected chi connectivity index (χ4v) is 3.63. The number of hydrogen-bond acceptors (Lipinski definition) is 3. The number of piperidine rings is 1. The van der Waals surface area contributed by atoms with E-state index < -0.39 is 6.04 Å². The Balaban J connectivity index is 2.01. The van der Waals surface area contributed by atoms with Gasteiger partial charge in [0.25, 0.3) is 5.91 Å². The molecule has 30 heavy (non-hydrogen) atoms. The highest BCUT2D eigenvalue weighted by atomic mass is 19.1. The van der Waals surface area contributed by atoms with Crippen LogP contribution in [0.1, 0.15) is 57.3 Å². The number of likely N-dealkylation sites (tertiary alicyclic amines) is 1. The molecule has 1 aromatic rings. The molecule has 7 heteroatoms. The first kappa shape index (κ1) is 23.8. The second kappa shape index (κ2) is 11.1. The van der Waals surface area contributed by atoms with Gasteiger partial charge in [-0.2, -0.15) is 0 Å². The summed E-state index contributed by atoms with van der Waals surface area (Å²) in [7, 11) is 0. The molecule has 3 amide bonds. The molecule has 0 unspecified atom stereocenters. The van der Waals surface area contributed by atoms with E-state index in [0.717, 1.165) is 0 Å². The largest absolute Gasteiger partial charge is 0.354 e. The molecule has 0 radical (unpaired) electrons. The van der Waals surface area contributed by atoms with Gasteiger partial charge in [0.05, 0.1) is 0 Å². The molecule has 6 nitrogen and oxygen atoms in total. The standard InChI is InChI=1S/C23H34FN3O3/c1-15(2)13-20(28)26-21(22(29)25-14-16(3)4)17-9-11-27(12-10-17)23(30)18-5-7-19(24)8-6-18/h5-8,15-17,21H,9-14H2,1-4H3,(H,25,29)(H,26,28)/t21-/m1/s1. The van der Waals surface area contributed by atoms with Crippen molar-refractivity contribution in [2.45, 2.75) is 53.0 Å². The quantitative estimate of drug-likeness (QED) is 0.680.